The number of hydrogen-bond acceptors (Lipinski definition) is 5. The molecule has 0 bridgehead atoms. The summed E-state index contributed by atoms with van der Waals surface area (Å²) in [6, 6.07) is 0. The van der Waals surface area contributed by atoms with Gasteiger partial charge in [0, 0.05) is 39.8 Å². The van der Waals surface area contributed by atoms with E-state index in [-0.39, 0.29) is 11.8 Å². The van der Waals surface area contributed by atoms with Crippen LogP contribution in [0.1, 0.15) is 41.5 Å². The van der Waals surface area contributed by atoms with Crippen molar-refractivity contribution in [1.29, 1.82) is 0 Å². The van der Waals surface area contributed by atoms with Gasteiger partial charge in [0.1, 0.15) is 5.60 Å². The average Bonchev–Trinajstić information content (AvgIpc) is 2.49. The Labute approximate surface area is 157 Å². The van der Waals surface area contributed by atoms with Crippen molar-refractivity contribution in [3.05, 3.63) is 0 Å². The first-order valence-electron chi connectivity index (χ1n) is 8.99. The van der Waals surface area contributed by atoms with E-state index in [9.17, 15) is 13.2 Å². The van der Waals surface area contributed by atoms with Gasteiger partial charge in [-0.1, -0.05) is 0 Å². The van der Waals surface area contributed by atoms with Gasteiger partial charge < -0.3 is 19.9 Å². The molecule has 1 aliphatic rings. The second-order valence-electron chi connectivity index (χ2n) is 8.03. The molecule has 0 radical (unpaired) electrons. The first-order chi connectivity index (χ1) is 11.8. The molecule has 0 unspecified atom stereocenters. The smallest absolute Gasteiger partial charge is 0.410 e. The molecule has 0 aromatic rings. The zero-order valence-corrected chi connectivity index (χ0v) is 17.9. The molecule has 1 fully saturated rings. The minimum absolute atomic E-state index is 0.111. The van der Waals surface area contributed by atoms with Crippen LogP contribution in [0.25, 0.3) is 0 Å². The Hall–Kier alpha value is -1.51. The van der Waals surface area contributed by atoms with Crippen molar-refractivity contribution >= 4 is 21.9 Å². The molecule has 26 heavy (non-hydrogen) atoms. The maximum Gasteiger partial charge on any atom is 0.410 e. The third-order valence-electron chi connectivity index (χ3n) is 4.25. The van der Waals surface area contributed by atoms with Crippen LogP contribution >= 0.6 is 0 Å². The van der Waals surface area contributed by atoms with Crippen molar-refractivity contribution in [2.45, 2.75) is 51.9 Å². The summed E-state index contributed by atoms with van der Waals surface area (Å²) in [4.78, 5) is 20.0. The molecule has 1 N–H and O–H groups in total. The molecule has 1 aliphatic heterocycles. The number of nitrogens with zero attached hydrogens (tertiary/aromatic N) is 3. The van der Waals surface area contributed by atoms with Gasteiger partial charge in [-0.05, 0) is 41.5 Å². The third kappa shape index (κ3) is 6.03. The van der Waals surface area contributed by atoms with Crippen LogP contribution in [0.3, 0.4) is 0 Å². The minimum atomic E-state index is -3.10. The van der Waals surface area contributed by atoms with Gasteiger partial charge in [-0.3, -0.25) is 4.99 Å². The topological polar surface area (TPSA) is 91.3 Å². The number of sulfone groups is 1. The van der Waals surface area contributed by atoms with E-state index in [1.54, 1.807) is 25.8 Å². The largest absolute Gasteiger partial charge is 0.444 e. The number of rotatable bonds is 4. The van der Waals surface area contributed by atoms with Crippen LogP contribution in [0.15, 0.2) is 4.99 Å². The van der Waals surface area contributed by atoms with Crippen molar-refractivity contribution in [2.24, 2.45) is 4.99 Å². The third-order valence-corrected chi connectivity index (χ3v) is 6.79. The monoisotopic (exact) mass is 390 g/mol. The number of amides is 1. The molecular weight excluding hydrogens is 356 g/mol. The Balaban J connectivity index is 2.61. The Morgan fingerprint density at radius 3 is 2.42 bits per heavy atom. The fourth-order valence-electron chi connectivity index (χ4n) is 2.66. The number of hydrogen-bond donors (Lipinski definition) is 1. The zero-order valence-electron chi connectivity index (χ0n) is 17.1. The predicted molar refractivity (Wildman–Crippen MR) is 104 cm³/mol. The summed E-state index contributed by atoms with van der Waals surface area (Å²) in [7, 11) is -1.43. The van der Waals surface area contributed by atoms with Crippen LogP contribution in [-0.4, -0.2) is 86.1 Å². The molecule has 0 aromatic heterocycles. The van der Waals surface area contributed by atoms with Crippen LogP contribution in [-0.2, 0) is 14.6 Å². The number of carbonyl (C=O) groups excluding carboxylic acids is 1. The lowest BCUT2D eigenvalue weighted by Crippen LogP contribution is -2.57. The summed E-state index contributed by atoms with van der Waals surface area (Å²) >= 11 is 0. The highest BCUT2D eigenvalue weighted by Gasteiger charge is 2.40. The molecule has 0 saturated carbocycles. The summed E-state index contributed by atoms with van der Waals surface area (Å²) in [5, 5.41) is 3.22. The highest BCUT2D eigenvalue weighted by Crippen LogP contribution is 2.23. The highest BCUT2D eigenvalue weighted by molar-refractivity contribution is 7.92. The Morgan fingerprint density at radius 1 is 1.35 bits per heavy atom. The predicted octanol–water partition coefficient (Wildman–Crippen LogP) is 1.33. The summed E-state index contributed by atoms with van der Waals surface area (Å²) < 4.78 is 28.9. The number of aliphatic imine (C=N–C) groups is 1. The van der Waals surface area contributed by atoms with Crippen molar-refractivity contribution in [3.63, 3.8) is 0 Å². The molecule has 1 rings (SSSR count). The molecule has 152 valence electrons. The molecular formula is C17H34N4O4S. The minimum Gasteiger partial charge on any atom is -0.444 e. The van der Waals surface area contributed by atoms with Crippen LogP contribution in [0.4, 0.5) is 4.79 Å². The SMILES string of the molecule is CCN(CCNC(=NC)N1CCS(=O)(=O)C(C)(C)C1)C(=O)OC(C)(C)C. The Kier molecular flexibility index (Phi) is 7.33. The molecule has 8 nitrogen and oxygen atoms in total. The van der Waals surface area contributed by atoms with E-state index in [4.69, 9.17) is 4.74 Å². The average molecular weight is 391 g/mol. The van der Waals surface area contributed by atoms with Crippen molar-refractivity contribution < 1.29 is 17.9 Å². The summed E-state index contributed by atoms with van der Waals surface area (Å²) in [5.74, 6) is 0.757. The van der Waals surface area contributed by atoms with Gasteiger partial charge in [-0.15, -0.1) is 0 Å². The van der Waals surface area contributed by atoms with E-state index in [0.29, 0.717) is 38.7 Å². The molecule has 0 spiro atoms. The number of ether oxygens (including phenoxy) is 1. The summed E-state index contributed by atoms with van der Waals surface area (Å²) in [6.45, 7) is 13.2. The molecule has 1 amide bonds. The molecule has 0 atom stereocenters. The van der Waals surface area contributed by atoms with Crippen LogP contribution in [0.2, 0.25) is 0 Å². The van der Waals surface area contributed by atoms with Crippen molar-refractivity contribution in [3.8, 4) is 0 Å². The lowest BCUT2D eigenvalue weighted by atomic mass is 10.2. The van der Waals surface area contributed by atoms with Gasteiger partial charge in [0.25, 0.3) is 0 Å². The molecule has 1 saturated heterocycles. The van der Waals surface area contributed by atoms with Gasteiger partial charge in [-0.2, -0.15) is 0 Å². The van der Waals surface area contributed by atoms with Gasteiger partial charge in [0.05, 0.1) is 10.5 Å². The Morgan fingerprint density at radius 2 is 1.96 bits per heavy atom. The molecule has 9 heteroatoms. The number of guanidine groups is 1. The second-order valence-corrected chi connectivity index (χ2v) is 10.8. The van der Waals surface area contributed by atoms with Crippen LogP contribution in [0, 0.1) is 0 Å². The first-order valence-corrected chi connectivity index (χ1v) is 10.6. The van der Waals surface area contributed by atoms with E-state index in [2.05, 4.69) is 10.3 Å². The van der Waals surface area contributed by atoms with Gasteiger partial charge in [-0.25, -0.2) is 13.2 Å². The zero-order chi connectivity index (χ0) is 20.2. The highest BCUT2D eigenvalue weighted by atomic mass is 32.2. The van der Waals surface area contributed by atoms with E-state index >= 15 is 0 Å². The van der Waals surface area contributed by atoms with E-state index < -0.39 is 20.2 Å². The van der Waals surface area contributed by atoms with Crippen LogP contribution in [0.5, 0.6) is 0 Å². The molecule has 0 aromatic carbocycles. The summed E-state index contributed by atoms with van der Waals surface area (Å²) in [5.41, 5.74) is -0.529. The maximum atomic E-state index is 12.2. The fraction of sp³-hybridized carbons (Fsp3) is 0.882. The van der Waals surface area contributed by atoms with Crippen LogP contribution < -0.4 is 5.32 Å². The quantitative estimate of drug-likeness (QED) is 0.575. The fourth-order valence-corrected chi connectivity index (χ4v) is 4.03. The van der Waals surface area contributed by atoms with E-state index in [1.807, 2.05) is 32.6 Å². The van der Waals surface area contributed by atoms with Crippen molar-refractivity contribution in [1.82, 2.24) is 15.1 Å². The van der Waals surface area contributed by atoms with Crippen molar-refractivity contribution in [2.75, 3.05) is 45.5 Å². The lowest BCUT2D eigenvalue weighted by Gasteiger charge is -2.39. The number of nitrogens with one attached hydrogen (secondary N) is 1. The maximum absolute atomic E-state index is 12.2. The van der Waals surface area contributed by atoms with E-state index in [0.717, 1.165) is 0 Å². The lowest BCUT2D eigenvalue weighted by molar-refractivity contribution is 0.0263. The molecule has 0 aliphatic carbocycles. The number of likely N-dealkylation sites (N-methyl/N-ethyl adjacent to an activating group) is 1. The van der Waals surface area contributed by atoms with E-state index in [1.165, 1.54) is 0 Å². The standard InChI is InChI=1S/C17H34N4O4S/c1-8-20(15(22)25-16(2,3)4)10-9-19-14(18-7)21-11-12-26(23,24)17(5,6)13-21/h8-13H2,1-7H3,(H,18,19). The van der Waals surface area contributed by atoms with Gasteiger partial charge in [0.15, 0.2) is 15.8 Å². The normalized spacial score (nSPS) is 19.8. The number of carbonyl (C=O) groups is 1. The molecule has 1 heterocycles. The Bertz CT molecular complexity index is 623. The summed E-state index contributed by atoms with van der Waals surface area (Å²) in [6.07, 6.45) is -0.345. The van der Waals surface area contributed by atoms with Gasteiger partial charge in [0.2, 0.25) is 0 Å². The second kappa shape index (κ2) is 8.45. The first kappa shape index (κ1) is 22.5. The van der Waals surface area contributed by atoms with Gasteiger partial charge >= 0.3 is 6.09 Å².